The van der Waals surface area contributed by atoms with E-state index in [0.717, 1.165) is 64.2 Å². The summed E-state index contributed by atoms with van der Waals surface area (Å²) in [5.41, 5.74) is 0. The number of allylic oxidation sites excluding steroid dienone is 6. The van der Waals surface area contributed by atoms with Gasteiger partial charge < -0.3 is 10.4 Å². The van der Waals surface area contributed by atoms with Crippen LogP contribution in [0.5, 0.6) is 0 Å². The van der Waals surface area contributed by atoms with Crippen molar-refractivity contribution in [2.24, 2.45) is 0 Å². The molecule has 0 fully saturated rings. The maximum absolute atomic E-state index is 12.5. The normalized spacial score (nSPS) is 13.8. The number of aliphatic hydroxyl groups excluding tert-OH is 1. The van der Waals surface area contributed by atoms with Gasteiger partial charge in [-0.2, -0.15) is 8.42 Å². The SMILES string of the molecule is CCCCCCC/C=C\C/C=C\C/C=C\CCCCCCCCC(=O)NC(CS(=O)(=O)O)C(O)CCCCCCCCCCC. The van der Waals surface area contributed by atoms with Crippen molar-refractivity contribution in [3.05, 3.63) is 36.5 Å². The van der Waals surface area contributed by atoms with Gasteiger partial charge in [0.25, 0.3) is 10.1 Å². The molecule has 45 heavy (non-hydrogen) atoms. The van der Waals surface area contributed by atoms with E-state index in [1.165, 1.54) is 89.9 Å². The Morgan fingerprint density at radius 2 is 1.00 bits per heavy atom. The first kappa shape index (κ1) is 43.6. The topological polar surface area (TPSA) is 104 Å². The van der Waals surface area contributed by atoms with E-state index in [1.54, 1.807) is 0 Å². The van der Waals surface area contributed by atoms with Gasteiger partial charge in [0.15, 0.2) is 0 Å². The Morgan fingerprint density at radius 3 is 1.47 bits per heavy atom. The summed E-state index contributed by atoms with van der Waals surface area (Å²) in [6, 6.07) is -0.975. The van der Waals surface area contributed by atoms with Crippen molar-refractivity contribution >= 4 is 16.0 Å². The fraction of sp³-hybridized carbons (Fsp3) is 0.816. The van der Waals surface area contributed by atoms with Crippen molar-refractivity contribution in [1.29, 1.82) is 0 Å². The van der Waals surface area contributed by atoms with E-state index >= 15 is 0 Å². The van der Waals surface area contributed by atoms with Gasteiger partial charge in [0.05, 0.1) is 17.9 Å². The highest BCUT2D eigenvalue weighted by molar-refractivity contribution is 7.85. The summed E-state index contributed by atoms with van der Waals surface area (Å²) < 4.78 is 32.3. The summed E-state index contributed by atoms with van der Waals surface area (Å²) >= 11 is 0. The highest BCUT2D eigenvalue weighted by atomic mass is 32.2. The van der Waals surface area contributed by atoms with Crippen LogP contribution in [0.15, 0.2) is 36.5 Å². The average molecular weight is 654 g/mol. The minimum atomic E-state index is -4.31. The maximum Gasteiger partial charge on any atom is 0.266 e. The highest BCUT2D eigenvalue weighted by Crippen LogP contribution is 2.14. The average Bonchev–Trinajstić information content (AvgIpc) is 3.00. The van der Waals surface area contributed by atoms with Gasteiger partial charge in [0, 0.05) is 6.42 Å². The molecule has 0 aliphatic rings. The Balaban J connectivity index is 3.89. The maximum atomic E-state index is 12.5. The predicted octanol–water partition coefficient (Wildman–Crippen LogP) is 10.6. The van der Waals surface area contributed by atoms with Crippen molar-refractivity contribution in [3.63, 3.8) is 0 Å². The van der Waals surface area contributed by atoms with Crippen molar-refractivity contribution in [3.8, 4) is 0 Å². The second kappa shape index (κ2) is 32.5. The predicted molar refractivity (Wildman–Crippen MR) is 193 cm³/mol. The lowest BCUT2D eigenvalue weighted by Crippen LogP contribution is -2.47. The quantitative estimate of drug-likeness (QED) is 0.0371. The van der Waals surface area contributed by atoms with E-state index in [2.05, 4.69) is 55.6 Å². The number of aliphatic hydroxyl groups is 1. The van der Waals surface area contributed by atoms with E-state index in [-0.39, 0.29) is 5.91 Å². The number of rotatable bonds is 33. The van der Waals surface area contributed by atoms with Crippen molar-refractivity contribution in [1.82, 2.24) is 5.32 Å². The molecule has 2 unspecified atom stereocenters. The smallest absolute Gasteiger partial charge is 0.266 e. The van der Waals surface area contributed by atoms with Gasteiger partial charge in [0.1, 0.15) is 0 Å². The molecule has 6 nitrogen and oxygen atoms in total. The molecule has 0 rings (SSSR count). The molecule has 0 spiro atoms. The van der Waals surface area contributed by atoms with Crippen LogP contribution in [-0.4, -0.2) is 41.9 Å². The first-order chi connectivity index (χ1) is 21.8. The molecule has 0 heterocycles. The Hall–Kier alpha value is -1.44. The summed E-state index contributed by atoms with van der Waals surface area (Å²) in [7, 11) is -4.31. The molecule has 0 aromatic carbocycles. The van der Waals surface area contributed by atoms with Crippen LogP contribution in [0.2, 0.25) is 0 Å². The minimum Gasteiger partial charge on any atom is -0.391 e. The van der Waals surface area contributed by atoms with Gasteiger partial charge in [-0.15, -0.1) is 0 Å². The zero-order valence-corrected chi connectivity index (χ0v) is 30.1. The summed E-state index contributed by atoms with van der Waals surface area (Å²) in [5, 5.41) is 13.2. The first-order valence-corrected chi connectivity index (χ1v) is 20.3. The number of hydrogen-bond acceptors (Lipinski definition) is 4. The fourth-order valence-electron chi connectivity index (χ4n) is 5.52. The van der Waals surface area contributed by atoms with Crippen LogP contribution in [0, 0.1) is 0 Å². The van der Waals surface area contributed by atoms with Gasteiger partial charge in [0.2, 0.25) is 5.91 Å². The van der Waals surface area contributed by atoms with E-state index in [0.29, 0.717) is 12.8 Å². The third-order valence-electron chi connectivity index (χ3n) is 8.35. The third kappa shape index (κ3) is 33.7. The van der Waals surface area contributed by atoms with Crippen LogP contribution in [-0.2, 0) is 14.9 Å². The Bertz CT molecular complexity index is 852. The molecule has 0 saturated carbocycles. The van der Waals surface area contributed by atoms with Gasteiger partial charge >= 0.3 is 0 Å². The minimum absolute atomic E-state index is 0.261. The zero-order valence-electron chi connectivity index (χ0n) is 29.2. The number of carbonyl (C=O) groups is 1. The molecule has 0 radical (unpaired) electrons. The van der Waals surface area contributed by atoms with Crippen LogP contribution in [0.25, 0.3) is 0 Å². The lowest BCUT2D eigenvalue weighted by atomic mass is 10.0. The molecule has 1 amide bonds. The summed E-state index contributed by atoms with van der Waals surface area (Å²) in [5.74, 6) is -0.915. The number of nitrogens with one attached hydrogen (secondary N) is 1. The van der Waals surface area contributed by atoms with Crippen LogP contribution in [0.1, 0.15) is 181 Å². The molecule has 264 valence electrons. The van der Waals surface area contributed by atoms with Gasteiger partial charge in [-0.05, 0) is 51.4 Å². The molecule has 0 aliphatic heterocycles. The fourth-order valence-corrected chi connectivity index (χ4v) is 6.28. The molecule has 2 atom stereocenters. The number of carbonyl (C=O) groups excluding carboxylic acids is 1. The Kier molecular flexibility index (Phi) is 31.5. The first-order valence-electron chi connectivity index (χ1n) is 18.7. The Morgan fingerprint density at radius 1 is 0.600 bits per heavy atom. The molecule has 0 aromatic rings. The standard InChI is InChI=1S/C38H71NO5S/c1-3-5-7-9-11-13-14-15-16-17-18-19-20-21-22-23-24-26-28-30-32-34-38(41)39-36(35-45(42,43)44)37(40)33-31-29-27-25-12-10-8-6-4-2/h14-15,17-18,20-21,36-37,40H,3-13,16,19,22-35H2,1-2H3,(H,39,41)(H,42,43,44)/b15-14-,18-17-,21-20-. The zero-order chi connectivity index (χ0) is 33.3. The molecule has 0 bridgehead atoms. The summed E-state index contributed by atoms with van der Waals surface area (Å²) in [4.78, 5) is 12.5. The summed E-state index contributed by atoms with van der Waals surface area (Å²) in [6.45, 7) is 4.46. The third-order valence-corrected chi connectivity index (χ3v) is 9.13. The second-order valence-corrected chi connectivity index (χ2v) is 14.4. The molecule has 7 heteroatoms. The molecule has 3 N–H and O–H groups in total. The number of amides is 1. The van der Waals surface area contributed by atoms with Crippen LogP contribution in [0.3, 0.4) is 0 Å². The second-order valence-electron chi connectivity index (χ2n) is 12.9. The van der Waals surface area contributed by atoms with Crippen molar-refractivity contribution in [2.45, 2.75) is 193 Å². The van der Waals surface area contributed by atoms with Crippen LogP contribution in [0.4, 0.5) is 0 Å². The van der Waals surface area contributed by atoms with Crippen molar-refractivity contribution in [2.75, 3.05) is 5.75 Å². The molecule has 0 aromatic heterocycles. The number of hydrogen-bond donors (Lipinski definition) is 3. The summed E-state index contributed by atoms with van der Waals surface area (Å²) in [6.07, 6.45) is 41.0. The molecular formula is C38H71NO5S. The largest absolute Gasteiger partial charge is 0.391 e. The lowest BCUT2D eigenvalue weighted by Gasteiger charge is -2.23. The van der Waals surface area contributed by atoms with E-state index in [9.17, 15) is 22.9 Å². The lowest BCUT2D eigenvalue weighted by molar-refractivity contribution is -0.122. The van der Waals surface area contributed by atoms with E-state index < -0.39 is 28.0 Å². The van der Waals surface area contributed by atoms with E-state index in [1.807, 2.05) is 0 Å². The van der Waals surface area contributed by atoms with Crippen LogP contribution >= 0.6 is 0 Å². The number of unbranched alkanes of at least 4 members (excludes halogenated alkanes) is 19. The molecule has 0 saturated heterocycles. The Labute approximate surface area is 278 Å². The molecular weight excluding hydrogens is 582 g/mol. The van der Waals surface area contributed by atoms with Crippen molar-refractivity contribution < 1.29 is 22.9 Å². The monoisotopic (exact) mass is 654 g/mol. The van der Waals surface area contributed by atoms with Crippen LogP contribution < -0.4 is 5.32 Å². The van der Waals surface area contributed by atoms with E-state index in [4.69, 9.17) is 0 Å². The molecule has 0 aliphatic carbocycles. The highest BCUT2D eigenvalue weighted by Gasteiger charge is 2.26. The van der Waals surface area contributed by atoms with Gasteiger partial charge in [-0.3, -0.25) is 9.35 Å². The van der Waals surface area contributed by atoms with Gasteiger partial charge in [-0.1, -0.05) is 159 Å². The van der Waals surface area contributed by atoms with Gasteiger partial charge in [-0.25, -0.2) is 0 Å².